The van der Waals surface area contributed by atoms with Gasteiger partial charge in [0.05, 0.1) is 5.69 Å². The summed E-state index contributed by atoms with van der Waals surface area (Å²) in [5.74, 6) is 1.12. The molecule has 25 heavy (non-hydrogen) atoms. The second kappa shape index (κ2) is 7.68. The van der Waals surface area contributed by atoms with Crippen LogP contribution in [0.4, 0.5) is 10.6 Å². The van der Waals surface area contributed by atoms with Crippen LogP contribution in [0.15, 0.2) is 12.1 Å². The normalized spacial score (nSPS) is 22.2. The van der Waals surface area contributed by atoms with Crippen molar-refractivity contribution < 1.29 is 4.79 Å². The summed E-state index contributed by atoms with van der Waals surface area (Å²) in [4.78, 5) is 16.9. The Balaban J connectivity index is 1.48. The minimum atomic E-state index is -0.0565. The number of carbonyl (C=O) groups excluding carboxylic acids is 1. The van der Waals surface area contributed by atoms with Crippen LogP contribution in [0, 0.1) is 5.92 Å². The van der Waals surface area contributed by atoms with E-state index in [9.17, 15) is 4.79 Å². The number of likely N-dealkylation sites (tertiary alicyclic amines) is 2. The zero-order valence-corrected chi connectivity index (χ0v) is 15.8. The molecule has 2 saturated heterocycles. The number of nitrogens with one attached hydrogen (secondary N) is 1. The number of hydrogen-bond acceptors (Lipinski definition) is 4. The summed E-state index contributed by atoms with van der Waals surface area (Å²) in [7, 11) is 0. The molecule has 0 spiro atoms. The van der Waals surface area contributed by atoms with Gasteiger partial charge in [0.1, 0.15) is 0 Å². The molecule has 6 nitrogen and oxygen atoms in total. The smallest absolute Gasteiger partial charge is 0.323 e. The fourth-order valence-electron chi connectivity index (χ4n) is 3.66. The van der Waals surface area contributed by atoms with Crippen LogP contribution in [0.2, 0.25) is 0 Å². The first kappa shape index (κ1) is 18.1. The van der Waals surface area contributed by atoms with Crippen LogP contribution >= 0.6 is 0 Å². The van der Waals surface area contributed by atoms with E-state index in [0.717, 1.165) is 31.7 Å². The predicted molar refractivity (Wildman–Crippen MR) is 99.7 cm³/mol. The fourth-order valence-corrected chi connectivity index (χ4v) is 3.66. The number of piperidine rings is 1. The van der Waals surface area contributed by atoms with E-state index in [4.69, 9.17) is 0 Å². The van der Waals surface area contributed by atoms with Gasteiger partial charge < -0.3 is 9.80 Å². The maximum absolute atomic E-state index is 12.5. The van der Waals surface area contributed by atoms with Crippen molar-refractivity contribution >= 4 is 11.8 Å². The Morgan fingerprint density at radius 1 is 1.16 bits per heavy atom. The summed E-state index contributed by atoms with van der Waals surface area (Å²) in [6.45, 7) is 11.5. The molecule has 0 saturated carbocycles. The summed E-state index contributed by atoms with van der Waals surface area (Å²) < 4.78 is 0. The molecular formula is C19H31N5O. The summed E-state index contributed by atoms with van der Waals surface area (Å²) in [6, 6.07) is 3.72. The minimum absolute atomic E-state index is 0.0356. The second-order valence-corrected chi connectivity index (χ2v) is 8.45. The van der Waals surface area contributed by atoms with Crippen LogP contribution in [0.3, 0.4) is 0 Å². The molecule has 6 heteroatoms. The molecule has 3 rings (SSSR count). The SMILES string of the molecule is CC(C)(C)c1ccc(NC(=O)N2CC[C@@H](CN3CCCCC3)C2)nn1. The van der Waals surface area contributed by atoms with E-state index in [2.05, 4.69) is 41.2 Å². The van der Waals surface area contributed by atoms with Crippen molar-refractivity contribution in [2.45, 2.75) is 51.9 Å². The largest absolute Gasteiger partial charge is 0.324 e. The molecule has 0 bridgehead atoms. The topological polar surface area (TPSA) is 61.4 Å². The van der Waals surface area contributed by atoms with Gasteiger partial charge in [-0.05, 0) is 50.4 Å². The van der Waals surface area contributed by atoms with Gasteiger partial charge in [-0.2, -0.15) is 5.10 Å². The lowest BCUT2D eigenvalue weighted by atomic mass is 9.92. The summed E-state index contributed by atoms with van der Waals surface area (Å²) in [5, 5.41) is 11.3. The van der Waals surface area contributed by atoms with Crippen molar-refractivity contribution in [1.82, 2.24) is 20.0 Å². The highest BCUT2D eigenvalue weighted by molar-refractivity contribution is 5.88. The van der Waals surface area contributed by atoms with Crippen LogP contribution in [0.1, 0.15) is 52.1 Å². The van der Waals surface area contributed by atoms with E-state index in [1.165, 1.54) is 32.4 Å². The highest BCUT2D eigenvalue weighted by Crippen LogP contribution is 2.22. The third kappa shape index (κ3) is 4.91. The van der Waals surface area contributed by atoms with Crippen molar-refractivity contribution in [2.24, 2.45) is 5.92 Å². The number of hydrogen-bond donors (Lipinski definition) is 1. The molecule has 0 radical (unpaired) electrons. The number of carbonyl (C=O) groups is 1. The first-order chi connectivity index (χ1) is 11.9. The van der Waals surface area contributed by atoms with Gasteiger partial charge in [-0.1, -0.05) is 27.2 Å². The summed E-state index contributed by atoms with van der Waals surface area (Å²) in [6.07, 6.45) is 5.10. The lowest BCUT2D eigenvalue weighted by molar-refractivity contribution is 0.192. The van der Waals surface area contributed by atoms with Gasteiger partial charge in [0.25, 0.3) is 0 Å². The van der Waals surface area contributed by atoms with Crippen molar-refractivity contribution in [3.63, 3.8) is 0 Å². The standard InChI is InChI=1S/C19H31N5O/c1-19(2,3)16-7-8-17(22-21-16)20-18(25)24-12-9-15(14-24)13-23-10-5-4-6-11-23/h7-8,15H,4-6,9-14H2,1-3H3,(H,20,22,25)/t15-/m0/s1. The Kier molecular flexibility index (Phi) is 5.57. The first-order valence-corrected chi connectivity index (χ1v) is 9.54. The van der Waals surface area contributed by atoms with Crippen LogP contribution in [-0.2, 0) is 5.41 Å². The molecule has 2 aliphatic heterocycles. The van der Waals surface area contributed by atoms with E-state index in [0.29, 0.717) is 11.7 Å². The van der Waals surface area contributed by atoms with Crippen molar-refractivity contribution in [3.05, 3.63) is 17.8 Å². The molecule has 138 valence electrons. The number of nitrogens with zero attached hydrogens (tertiary/aromatic N) is 4. The number of anilines is 1. The molecule has 2 aliphatic rings. The molecule has 2 fully saturated rings. The predicted octanol–water partition coefficient (Wildman–Crippen LogP) is 3.11. The summed E-state index contributed by atoms with van der Waals surface area (Å²) >= 11 is 0. The Hall–Kier alpha value is -1.69. The molecular weight excluding hydrogens is 314 g/mol. The molecule has 1 aromatic rings. The number of aromatic nitrogens is 2. The van der Waals surface area contributed by atoms with E-state index in [-0.39, 0.29) is 11.4 Å². The van der Waals surface area contributed by atoms with E-state index in [1.807, 2.05) is 17.0 Å². The van der Waals surface area contributed by atoms with Crippen LogP contribution in [0.25, 0.3) is 0 Å². The first-order valence-electron chi connectivity index (χ1n) is 9.54. The molecule has 1 aromatic heterocycles. The zero-order chi connectivity index (χ0) is 17.9. The highest BCUT2D eigenvalue weighted by atomic mass is 16.2. The molecule has 0 aromatic carbocycles. The number of amides is 2. The van der Waals surface area contributed by atoms with Crippen LogP contribution in [0.5, 0.6) is 0 Å². The zero-order valence-electron chi connectivity index (χ0n) is 15.8. The molecule has 1 atom stereocenters. The molecule has 0 aliphatic carbocycles. The monoisotopic (exact) mass is 345 g/mol. The van der Waals surface area contributed by atoms with Crippen LogP contribution < -0.4 is 5.32 Å². The van der Waals surface area contributed by atoms with Gasteiger partial charge in [0, 0.05) is 25.0 Å². The Morgan fingerprint density at radius 2 is 1.92 bits per heavy atom. The van der Waals surface area contributed by atoms with E-state index in [1.54, 1.807) is 0 Å². The fraction of sp³-hybridized carbons (Fsp3) is 0.737. The Labute approximate surface area is 151 Å². The molecule has 2 amide bonds. The van der Waals surface area contributed by atoms with Gasteiger partial charge in [-0.15, -0.1) is 5.10 Å². The quantitative estimate of drug-likeness (QED) is 0.914. The van der Waals surface area contributed by atoms with Crippen molar-refractivity contribution in [3.8, 4) is 0 Å². The summed E-state index contributed by atoms with van der Waals surface area (Å²) in [5.41, 5.74) is 0.889. The minimum Gasteiger partial charge on any atom is -0.324 e. The highest BCUT2D eigenvalue weighted by Gasteiger charge is 2.28. The third-order valence-electron chi connectivity index (χ3n) is 5.21. The lowest BCUT2D eigenvalue weighted by Gasteiger charge is -2.28. The molecule has 1 N–H and O–H groups in total. The lowest BCUT2D eigenvalue weighted by Crippen LogP contribution is -2.37. The van der Waals surface area contributed by atoms with Gasteiger partial charge in [-0.25, -0.2) is 4.79 Å². The maximum atomic E-state index is 12.5. The molecule has 3 heterocycles. The van der Waals surface area contributed by atoms with Gasteiger partial charge in [0.15, 0.2) is 5.82 Å². The number of urea groups is 1. The van der Waals surface area contributed by atoms with Gasteiger partial charge >= 0.3 is 6.03 Å². The van der Waals surface area contributed by atoms with Gasteiger partial charge in [-0.3, -0.25) is 5.32 Å². The van der Waals surface area contributed by atoms with Crippen LogP contribution in [-0.4, -0.2) is 58.8 Å². The Morgan fingerprint density at radius 3 is 2.56 bits per heavy atom. The maximum Gasteiger partial charge on any atom is 0.323 e. The van der Waals surface area contributed by atoms with Crippen molar-refractivity contribution in [1.29, 1.82) is 0 Å². The Bertz CT molecular complexity index is 574. The van der Waals surface area contributed by atoms with E-state index < -0.39 is 0 Å². The van der Waals surface area contributed by atoms with Gasteiger partial charge in [0.2, 0.25) is 0 Å². The van der Waals surface area contributed by atoms with E-state index >= 15 is 0 Å². The van der Waals surface area contributed by atoms with Crippen molar-refractivity contribution in [2.75, 3.05) is 38.0 Å². The average molecular weight is 345 g/mol. The molecule has 0 unspecified atom stereocenters. The third-order valence-corrected chi connectivity index (χ3v) is 5.21. The number of rotatable bonds is 3. The second-order valence-electron chi connectivity index (χ2n) is 8.45. The average Bonchev–Trinajstić information content (AvgIpc) is 3.04.